The second-order valence-electron chi connectivity index (χ2n) is 4.32. The summed E-state index contributed by atoms with van der Waals surface area (Å²) in [4.78, 5) is 24.4. The standard InChI is InChI=1S/C14H15NO5/c1-10-2-4-11(5-3-10)15(8-13(16)17)14(18)12-9-19-6-7-20-12/h2-5,9H,6-8H2,1H3,(H,16,17). The maximum atomic E-state index is 12.3. The molecule has 1 aromatic carbocycles. The lowest BCUT2D eigenvalue weighted by Gasteiger charge is -2.23. The number of hydrogen-bond acceptors (Lipinski definition) is 4. The summed E-state index contributed by atoms with van der Waals surface area (Å²) >= 11 is 0. The summed E-state index contributed by atoms with van der Waals surface area (Å²) < 4.78 is 10.2. The Morgan fingerprint density at radius 1 is 1.25 bits per heavy atom. The lowest BCUT2D eigenvalue weighted by molar-refractivity contribution is -0.136. The molecule has 0 unspecified atom stereocenters. The number of aryl methyl sites for hydroxylation is 1. The average Bonchev–Trinajstić information content (AvgIpc) is 2.46. The van der Waals surface area contributed by atoms with Crippen molar-refractivity contribution in [1.82, 2.24) is 0 Å². The van der Waals surface area contributed by atoms with Gasteiger partial charge in [-0.15, -0.1) is 0 Å². The molecule has 0 spiro atoms. The average molecular weight is 277 g/mol. The van der Waals surface area contributed by atoms with Gasteiger partial charge in [-0.05, 0) is 19.1 Å². The van der Waals surface area contributed by atoms with Gasteiger partial charge in [-0.2, -0.15) is 0 Å². The van der Waals surface area contributed by atoms with Crippen LogP contribution < -0.4 is 4.90 Å². The van der Waals surface area contributed by atoms with Crippen LogP contribution >= 0.6 is 0 Å². The predicted octanol–water partition coefficient (Wildman–Crippen LogP) is 1.30. The van der Waals surface area contributed by atoms with Crippen molar-refractivity contribution in [1.29, 1.82) is 0 Å². The van der Waals surface area contributed by atoms with E-state index in [1.807, 2.05) is 19.1 Å². The van der Waals surface area contributed by atoms with Crippen LogP contribution in [0.2, 0.25) is 0 Å². The third-order valence-electron chi connectivity index (χ3n) is 2.74. The zero-order valence-electron chi connectivity index (χ0n) is 11.0. The molecule has 1 aliphatic heterocycles. The van der Waals surface area contributed by atoms with Crippen LogP contribution in [0.4, 0.5) is 5.69 Å². The van der Waals surface area contributed by atoms with Crippen LogP contribution in [0.1, 0.15) is 5.56 Å². The SMILES string of the molecule is Cc1ccc(N(CC(=O)O)C(=O)C2=COCCO2)cc1. The van der Waals surface area contributed by atoms with Crippen LogP contribution in [0.25, 0.3) is 0 Å². The third kappa shape index (κ3) is 3.28. The first-order valence-electron chi connectivity index (χ1n) is 6.13. The maximum Gasteiger partial charge on any atom is 0.323 e. The van der Waals surface area contributed by atoms with E-state index < -0.39 is 18.4 Å². The Hall–Kier alpha value is -2.50. The lowest BCUT2D eigenvalue weighted by Crippen LogP contribution is -2.38. The second kappa shape index (κ2) is 6.10. The topological polar surface area (TPSA) is 76.1 Å². The molecule has 1 heterocycles. The summed E-state index contributed by atoms with van der Waals surface area (Å²) in [6, 6.07) is 7.01. The summed E-state index contributed by atoms with van der Waals surface area (Å²) in [7, 11) is 0. The molecule has 1 aromatic rings. The molecule has 0 atom stereocenters. The zero-order chi connectivity index (χ0) is 14.5. The van der Waals surface area contributed by atoms with Crippen molar-refractivity contribution >= 4 is 17.6 Å². The number of aliphatic carboxylic acids is 1. The first-order chi connectivity index (χ1) is 9.58. The highest BCUT2D eigenvalue weighted by molar-refractivity contribution is 6.06. The number of rotatable bonds is 4. The van der Waals surface area contributed by atoms with Gasteiger partial charge in [0.25, 0.3) is 5.91 Å². The highest BCUT2D eigenvalue weighted by Gasteiger charge is 2.25. The van der Waals surface area contributed by atoms with Gasteiger partial charge in [0.05, 0.1) is 0 Å². The highest BCUT2D eigenvalue weighted by atomic mass is 16.6. The van der Waals surface area contributed by atoms with E-state index in [9.17, 15) is 9.59 Å². The van der Waals surface area contributed by atoms with E-state index in [2.05, 4.69) is 0 Å². The number of ether oxygens (including phenoxy) is 2. The molecule has 0 bridgehead atoms. The van der Waals surface area contributed by atoms with Crippen molar-refractivity contribution in [2.45, 2.75) is 6.92 Å². The van der Waals surface area contributed by atoms with Crippen molar-refractivity contribution in [3.05, 3.63) is 41.9 Å². The zero-order valence-corrected chi connectivity index (χ0v) is 11.0. The van der Waals surface area contributed by atoms with E-state index in [1.165, 1.54) is 6.26 Å². The Bertz CT molecular complexity index is 535. The summed E-state index contributed by atoms with van der Waals surface area (Å²) in [5.41, 5.74) is 1.52. The van der Waals surface area contributed by atoms with Crippen LogP contribution in [0.15, 0.2) is 36.3 Å². The smallest absolute Gasteiger partial charge is 0.323 e. The van der Waals surface area contributed by atoms with Crippen LogP contribution in [0.5, 0.6) is 0 Å². The van der Waals surface area contributed by atoms with Gasteiger partial charge in [-0.3, -0.25) is 14.5 Å². The predicted molar refractivity (Wildman–Crippen MR) is 71.2 cm³/mol. The fourth-order valence-electron chi connectivity index (χ4n) is 1.75. The third-order valence-corrected chi connectivity index (χ3v) is 2.74. The van der Waals surface area contributed by atoms with E-state index in [-0.39, 0.29) is 12.4 Å². The molecular weight excluding hydrogens is 262 g/mol. The molecule has 0 saturated carbocycles. The fourth-order valence-corrected chi connectivity index (χ4v) is 1.75. The number of anilines is 1. The van der Waals surface area contributed by atoms with E-state index >= 15 is 0 Å². The Balaban J connectivity index is 2.27. The highest BCUT2D eigenvalue weighted by Crippen LogP contribution is 2.19. The van der Waals surface area contributed by atoms with Crippen molar-refractivity contribution in [2.24, 2.45) is 0 Å². The summed E-state index contributed by atoms with van der Waals surface area (Å²) in [6.45, 7) is 2.11. The van der Waals surface area contributed by atoms with Gasteiger partial charge >= 0.3 is 5.97 Å². The molecule has 6 heteroatoms. The second-order valence-corrected chi connectivity index (χ2v) is 4.32. The molecule has 106 valence electrons. The minimum Gasteiger partial charge on any atom is -0.494 e. The first kappa shape index (κ1) is 13.9. The molecule has 0 aliphatic carbocycles. The maximum absolute atomic E-state index is 12.3. The van der Waals surface area contributed by atoms with E-state index in [0.29, 0.717) is 12.3 Å². The lowest BCUT2D eigenvalue weighted by atomic mass is 10.2. The van der Waals surface area contributed by atoms with E-state index in [1.54, 1.807) is 12.1 Å². The minimum absolute atomic E-state index is 0.0121. The minimum atomic E-state index is -1.10. The van der Waals surface area contributed by atoms with Crippen LogP contribution in [-0.2, 0) is 19.1 Å². The van der Waals surface area contributed by atoms with E-state index in [4.69, 9.17) is 14.6 Å². The molecule has 1 aliphatic rings. The van der Waals surface area contributed by atoms with Gasteiger partial charge in [0.15, 0.2) is 0 Å². The molecule has 0 saturated heterocycles. The largest absolute Gasteiger partial charge is 0.494 e. The fraction of sp³-hybridized carbons (Fsp3) is 0.286. The molecule has 0 aromatic heterocycles. The van der Waals surface area contributed by atoms with Gasteiger partial charge in [0, 0.05) is 5.69 Å². The molecule has 0 fully saturated rings. The van der Waals surface area contributed by atoms with Crippen LogP contribution in [0, 0.1) is 6.92 Å². The first-order valence-corrected chi connectivity index (χ1v) is 6.13. The van der Waals surface area contributed by atoms with Crippen molar-refractivity contribution in [3.63, 3.8) is 0 Å². The molecule has 1 N–H and O–H groups in total. The number of carbonyl (C=O) groups is 2. The van der Waals surface area contributed by atoms with Crippen LogP contribution in [0.3, 0.4) is 0 Å². The van der Waals surface area contributed by atoms with Gasteiger partial charge in [0.1, 0.15) is 26.0 Å². The number of nitrogens with zero attached hydrogens (tertiary/aromatic N) is 1. The number of hydrogen-bond donors (Lipinski definition) is 1. The number of amides is 1. The van der Waals surface area contributed by atoms with Crippen LogP contribution in [-0.4, -0.2) is 36.7 Å². The molecule has 6 nitrogen and oxygen atoms in total. The van der Waals surface area contributed by atoms with E-state index in [0.717, 1.165) is 10.5 Å². The normalized spacial score (nSPS) is 13.8. The molecule has 1 amide bonds. The summed E-state index contributed by atoms with van der Waals surface area (Å²) in [5.74, 6) is -1.62. The van der Waals surface area contributed by atoms with Gasteiger partial charge in [0.2, 0.25) is 5.76 Å². The van der Waals surface area contributed by atoms with Crippen molar-refractivity contribution in [2.75, 3.05) is 24.7 Å². The Kier molecular flexibility index (Phi) is 4.24. The number of carbonyl (C=O) groups excluding carboxylic acids is 1. The number of carboxylic acid groups (broad SMARTS) is 1. The summed E-state index contributed by atoms with van der Waals surface area (Å²) in [6.07, 6.45) is 1.22. The Morgan fingerprint density at radius 2 is 1.95 bits per heavy atom. The summed E-state index contributed by atoms with van der Waals surface area (Å²) in [5, 5.41) is 8.96. The van der Waals surface area contributed by atoms with Crippen molar-refractivity contribution < 1.29 is 24.2 Å². The molecular formula is C14H15NO5. The van der Waals surface area contributed by atoms with Gasteiger partial charge < -0.3 is 14.6 Å². The van der Waals surface area contributed by atoms with Gasteiger partial charge in [-0.25, -0.2) is 0 Å². The van der Waals surface area contributed by atoms with Gasteiger partial charge in [-0.1, -0.05) is 17.7 Å². The number of carboxylic acids is 1. The Morgan fingerprint density at radius 3 is 2.50 bits per heavy atom. The molecule has 20 heavy (non-hydrogen) atoms. The Labute approximate surface area is 116 Å². The van der Waals surface area contributed by atoms with Crippen molar-refractivity contribution in [3.8, 4) is 0 Å². The molecule has 2 rings (SSSR count). The number of benzene rings is 1. The quantitative estimate of drug-likeness (QED) is 0.897. The molecule has 0 radical (unpaired) electrons. The monoisotopic (exact) mass is 277 g/mol.